The molecule has 0 unspecified atom stereocenters. The van der Waals surface area contributed by atoms with Crippen molar-refractivity contribution in [2.45, 2.75) is 20.0 Å². The summed E-state index contributed by atoms with van der Waals surface area (Å²) in [6.07, 6.45) is 0. The molecule has 1 aliphatic heterocycles. The highest BCUT2D eigenvalue weighted by Crippen LogP contribution is 2.16. The number of hydrogen-bond donors (Lipinski definition) is 2. The topological polar surface area (TPSA) is 67.0 Å². The number of aromatic amines is 1. The smallest absolute Gasteiger partial charge is 0.359 e. The van der Waals surface area contributed by atoms with Gasteiger partial charge in [-0.05, 0) is 6.92 Å². The van der Waals surface area contributed by atoms with Crippen molar-refractivity contribution in [1.29, 1.82) is 0 Å². The number of carbonyl (C=O) groups excluding carboxylic acids is 1. The van der Waals surface area contributed by atoms with Crippen molar-refractivity contribution >= 4 is 18.4 Å². The zero-order chi connectivity index (χ0) is 9.26. The van der Waals surface area contributed by atoms with Gasteiger partial charge in [0.1, 0.15) is 0 Å². The third kappa shape index (κ3) is 1.73. The molecular weight excluding hydrogens is 206 g/mol. The fourth-order valence-electron chi connectivity index (χ4n) is 1.42. The number of carbonyl (C=O) groups is 1. The van der Waals surface area contributed by atoms with Crippen molar-refractivity contribution in [3.63, 3.8) is 0 Å². The van der Waals surface area contributed by atoms with Crippen molar-refractivity contribution in [1.82, 2.24) is 15.5 Å². The number of H-pyrrole nitrogens is 1. The third-order valence-corrected chi connectivity index (χ3v) is 2.03. The number of halogens is 1. The number of nitrogens with zero attached hydrogens (tertiary/aromatic N) is 1. The van der Waals surface area contributed by atoms with Crippen molar-refractivity contribution in [2.75, 3.05) is 6.61 Å². The van der Waals surface area contributed by atoms with Gasteiger partial charge in [0, 0.05) is 18.7 Å². The maximum Gasteiger partial charge on any atom is 0.359 e. The summed E-state index contributed by atoms with van der Waals surface area (Å²) in [5, 5.41) is 9.86. The average molecular weight is 218 g/mol. The molecule has 2 N–H and O–H groups in total. The van der Waals surface area contributed by atoms with Gasteiger partial charge in [-0.2, -0.15) is 5.10 Å². The van der Waals surface area contributed by atoms with Gasteiger partial charge in [0.25, 0.3) is 0 Å². The van der Waals surface area contributed by atoms with Crippen LogP contribution in [0.4, 0.5) is 0 Å². The molecule has 1 aromatic rings. The molecule has 0 aliphatic carbocycles. The van der Waals surface area contributed by atoms with Gasteiger partial charge in [-0.3, -0.25) is 5.10 Å². The standard InChI is InChI=1S/C8H11N3O2.ClH/c1-2-13-8(12)7-5-3-9-4-6(5)10-11-7;/h9H,2-4H2,1H3,(H,10,11);1H. The Morgan fingerprint density at radius 3 is 3.07 bits per heavy atom. The first-order valence-corrected chi connectivity index (χ1v) is 4.27. The van der Waals surface area contributed by atoms with Gasteiger partial charge >= 0.3 is 5.97 Å². The van der Waals surface area contributed by atoms with Crippen LogP contribution >= 0.6 is 12.4 Å². The van der Waals surface area contributed by atoms with E-state index in [4.69, 9.17) is 4.74 Å². The molecule has 14 heavy (non-hydrogen) atoms. The number of fused-ring (bicyclic) bond motifs is 1. The molecule has 0 spiro atoms. The van der Waals surface area contributed by atoms with Crippen molar-refractivity contribution in [2.24, 2.45) is 0 Å². The van der Waals surface area contributed by atoms with E-state index >= 15 is 0 Å². The molecule has 0 saturated heterocycles. The summed E-state index contributed by atoms with van der Waals surface area (Å²) in [6.45, 7) is 3.61. The summed E-state index contributed by atoms with van der Waals surface area (Å²) in [5.74, 6) is -0.344. The predicted octanol–water partition coefficient (Wildman–Crippen LogP) is 0.611. The minimum absolute atomic E-state index is 0. The number of nitrogens with one attached hydrogen (secondary N) is 2. The van der Waals surface area contributed by atoms with Gasteiger partial charge in [-0.1, -0.05) is 0 Å². The van der Waals surface area contributed by atoms with E-state index in [2.05, 4.69) is 15.5 Å². The van der Waals surface area contributed by atoms with E-state index in [-0.39, 0.29) is 18.4 Å². The number of esters is 1. The quantitative estimate of drug-likeness (QED) is 0.713. The normalized spacial score (nSPS) is 13.2. The van der Waals surface area contributed by atoms with E-state index in [0.717, 1.165) is 17.8 Å². The summed E-state index contributed by atoms with van der Waals surface area (Å²) in [6, 6.07) is 0. The Morgan fingerprint density at radius 1 is 1.57 bits per heavy atom. The zero-order valence-corrected chi connectivity index (χ0v) is 8.61. The van der Waals surface area contributed by atoms with Gasteiger partial charge in [0.05, 0.1) is 12.3 Å². The lowest BCUT2D eigenvalue weighted by Crippen LogP contribution is -2.10. The third-order valence-electron chi connectivity index (χ3n) is 2.03. The Hall–Kier alpha value is -1.07. The second kappa shape index (κ2) is 4.43. The van der Waals surface area contributed by atoms with E-state index < -0.39 is 0 Å². The molecule has 0 amide bonds. The zero-order valence-electron chi connectivity index (χ0n) is 7.79. The summed E-state index contributed by atoms with van der Waals surface area (Å²) in [4.78, 5) is 11.3. The fraction of sp³-hybridized carbons (Fsp3) is 0.500. The summed E-state index contributed by atoms with van der Waals surface area (Å²) in [5.41, 5.74) is 2.35. The van der Waals surface area contributed by atoms with Crippen LogP contribution in [0, 0.1) is 0 Å². The Balaban J connectivity index is 0.000000980. The average Bonchev–Trinajstić information content (AvgIpc) is 2.62. The van der Waals surface area contributed by atoms with Crippen LogP contribution in [0.3, 0.4) is 0 Å². The van der Waals surface area contributed by atoms with Crippen LogP contribution in [-0.2, 0) is 17.8 Å². The fourth-order valence-corrected chi connectivity index (χ4v) is 1.42. The number of aromatic nitrogens is 2. The van der Waals surface area contributed by atoms with Crippen LogP contribution in [0.25, 0.3) is 0 Å². The van der Waals surface area contributed by atoms with E-state index in [9.17, 15) is 4.79 Å². The molecule has 2 rings (SSSR count). The highest BCUT2D eigenvalue weighted by atomic mass is 35.5. The maximum absolute atomic E-state index is 11.3. The molecule has 5 nitrogen and oxygen atoms in total. The second-order valence-corrected chi connectivity index (χ2v) is 2.85. The number of rotatable bonds is 2. The van der Waals surface area contributed by atoms with E-state index in [1.54, 1.807) is 6.92 Å². The molecule has 0 fully saturated rings. The number of hydrogen-bond acceptors (Lipinski definition) is 4. The van der Waals surface area contributed by atoms with Crippen LogP contribution in [0.5, 0.6) is 0 Å². The minimum atomic E-state index is -0.344. The highest BCUT2D eigenvalue weighted by Gasteiger charge is 2.23. The Morgan fingerprint density at radius 2 is 2.36 bits per heavy atom. The van der Waals surface area contributed by atoms with Gasteiger partial charge in [0.15, 0.2) is 5.69 Å². The van der Waals surface area contributed by atoms with Gasteiger partial charge in [0.2, 0.25) is 0 Å². The predicted molar refractivity (Wildman–Crippen MR) is 52.3 cm³/mol. The van der Waals surface area contributed by atoms with Crippen LogP contribution in [-0.4, -0.2) is 22.8 Å². The molecule has 0 atom stereocenters. The second-order valence-electron chi connectivity index (χ2n) is 2.85. The van der Waals surface area contributed by atoms with Crippen molar-refractivity contribution in [3.8, 4) is 0 Å². The van der Waals surface area contributed by atoms with Crippen LogP contribution in [0.2, 0.25) is 0 Å². The summed E-state index contributed by atoms with van der Waals surface area (Å²) >= 11 is 0. The molecule has 2 heterocycles. The minimum Gasteiger partial charge on any atom is -0.461 e. The van der Waals surface area contributed by atoms with Crippen molar-refractivity contribution < 1.29 is 9.53 Å². The molecule has 0 radical (unpaired) electrons. The first-order chi connectivity index (χ1) is 6.33. The summed E-state index contributed by atoms with van der Waals surface area (Å²) < 4.78 is 4.86. The molecule has 0 saturated carbocycles. The van der Waals surface area contributed by atoms with Crippen LogP contribution < -0.4 is 5.32 Å². The Labute approximate surface area is 87.6 Å². The van der Waals surface area contributed by atoms with Crippen molar-refractivity contribution in [3.05, 3.63) is 17.0 Å². The van der Waals surface area contributed by atoms with Crippen LogP contribution in [0.15, 0.2) is 0 Å². The summed E-state index contributed by atoms with van der Waals surface area (Å²) in [7, 11) is 0. The molecule has 1 aromatic heterocycles. The largest absolute Gasteiger partial charge is 0.461 e. The lowest BCUT2D eigenvalue weighted by atomic mass is 10.2. The van der Waals surface area contributed by atoms with Gasteiger partial charge < -0.3 is 10.1 Å². The monoisotopic (exact) mass is 217 g/mol. The first kappa shape index (κ1) is 11.0. The van der Waals surface area contributed by atoms with Gasteiger partial charge in [-0.15, -0.1) is 12.4 Å². The lowest BCUT2D eigenvalue weighted by Gasteiger charge is -1.98. The van der Waals surface area contributed by atoms with E-state index in [1.165, 1.54) is 0 Å². The molecule has 0 bridgehead atoms. The molecule has 1 aliphatic rings. The molecule has 0 aromatic carbocycles. The van der Waals surface area contributed by atoms with E-state index in [1.807, 2.05) is 0 Å². The first-order valence-electron chi connectivity index (χ1n) is 4.27. The Kier molecular flexibility index (Phi) is 3.49. The SMILES string of the molecule is CCOC(=O)c1n[nH]c2c1CNC2.Cl. The van der Waals surface area contributed by atoms with Crippen LogP contribution in [0.1, 0.15) is 28.7 Å². The maximum atomic E-state index is 11.3. The lowest BCUT2D eigenvalue weighted by molar-refractivity contribution is 0.0518. The Bertz CT molecular complexity index is 337. The molecule has 6 heteroatoms. The highest BCUT2D eigenvalue weighted by molar-refractivity contribution is 5.89. The molecular formula is C8H12ClN3O2. The number of ether oxygens (including phenoxy) is 1. The van der Waals surface area contributed by atoms with Gasteiger partial charge in [-0.25, -0.2) is 4.79 Å². The molecule has 78 valence electrons. The van der Waals surface area contributed by atoms with E-state index in [0.29, 0.717) is 18.8 Å².